The van der Waals surface area contributed by atoms with Crippen LogP contribution in [0.25, 0.3) is 0 Å². The molecule has 0 aliphatic carbocycles. The maximum absolute atomic E-state index is 5.92. The molecule has 1 aromatic rings. The third-order valence-corrected chi connectivity index (χ3v) is 3.61. The molecule has 1 aliphatic rings. The quantitative estimate of drug-likeness (QED) is 0.646. The Morgan fingerprint density at radius 3 is 2.43 bits per heavy atom. The van der Waals surface area contributed by atoms with Gasteiger partial charge < -0.3 is 20.5 Å². The van der Waals surface area contributed by atoms with Crippen molar-refractivity contribution in [3.63, 3.8) is 0 Å². The van der Waals surface area contributed by atoms with E-state index in [-0.39, 0.29) is 5.54 Å². The number of benzene rings is 1. The molecular formula is C18H29N3O2. The number of nitrogens with zero attached hydrogens (tertiary/aromatic N) is 1. The van der Waals surface area contributed by atoms with Crippen LogP contribution < -0.4 is 11.1 Å². The van der Waals surface area contributed by atoms with E-state index in [1.165, 1.54) is 5.56 Å². The van der Waals surface area contributed by atoms with Gasteiger partial charge in [0.25, 0.3) is 0 Å². The first kappa shape index (κ1) is 17.8. The topological polar surface area (TPSA) is 68.9 Å². The number of nitrogens with one attached hydrogen (secondary N) is 1. The molecule has 5 nitrogen and oxygen atoms in total. The highest BCUT2D eigenvalue weighted by atomic mass is 16.5. The van der Waals surface area contributed by atoms with Gasteiger partial charge in [0.1, 0.15) is 0 Å². The molecule has 1 heterocycles. The van der Waals surface area contributed by atoms with Gasteiger partial charge in [0.2, 0.25) is 0 Å². The Morgan fingerprint density at radius 1 is 1.22 bits per heavy atom. The van der Waals surface area contributed by atoms with Crippen LogP contribution in [0.15, 0.2) is 29.3 Å². The van der Waals surface area contributed by atoms with Crippen molar-refractivity contribution in [3.8, 4) is 0 Å². The van der Waals surface area contributed by atoms with Crippen molar-refractivity contribution in [1.82, 2.24) is 5.32 Å². The first-order chi connectivity index (χ1) is 10.9. The lowest BCUT2D eigenvalue weighted by atomic mass is 10.1. The van der Waals surface area contributed by atoms with Crippen LogP contribution in [0.1, 0.15) is 44.7 Å². The Morgan fingerprint density at radius 2 is 1.83 bits per heavy atom. The molecular weight excluding hydrogens is 290 g/mol. The van der Waals surface area contributed by atoms with Crippen molar-refractivity contribution < 1.29 is 9.47 Å². The molecule has 0 amide bonds. The molecule has 1 saturated heterocycles. The SMILES string of the molecule is CC(C)(C)NC(N)=NCc1ccc(COC2CCOCC2)cc1. The summed E-state index contributed by atoms with van der Waals surface area (Å²) in [5, 5.41) is 3.15. The van der Waals surface area contributed by atoms with Crippen LogP contribution in [0.4, 0.5) is 0 Å². The number of nitrogens with two attached hydrogens (primary N) is 1. The van der Waals surface area contributed by atoms with Crippen molar-refractivity contribution >= 4 is 5.96 Å². The van der Waals surface area contributed by atoms with Gasteiger partial charge in [-0.3, -0.25) is 0 Å². The molecule has 0 unspecified atom stereocenters. The minimum absolute atomic E-state index is 0.0705. The van der Waals surface area contributed by atoms with Crippen LogP contribution in [0.5, 0.6) is 0 Å². The summed E-state index contributed by atoms with van der Waals surface area (Å²) >= 11 is 0. The van der Waals surface area contributed by atoms with E-state index in [4.69, 9.17) is 15.2 Å². The molecule has 0 atom stereocenters. The predicted octanol–water partition coefficient (Wildman–Crippen LogP) is 2.59. The molecule has 1 fully saturated rings. The second kappa shape index (κ2) is 8.31. The van der Waals surface area contributed by atoms with Crippen LogP contribution in [0.3, 0.4) is 0 Å². The van der Waals surface area contributed by atoms with Crippen molar-refractivity contribution in [1.29, 1.82) is 0 Å². The first-order valence-corrected chi connectivity index (χ1v) is 8.28. The van der Waals surface area contributed by atoms with Crippen LogP contribution >= 0.6 is 0 Å². The Hall–Kier alpha value is -1.59. The normalized spacial score (nSPS) is 17.3. The van der Waals surface area contributed by atoms with Crippen LogP contribution in [0, 0.1) is 0 Å². The second-order valence-electron chi connectivity index (χ2n) is 7.02. The lowest BCUT2D eigenvalue weighted by Crippen LogP contribution is -2.44. The van der Waals surface area contributed by atoms with E-state index in [9.17, 15) is 0 Å². The monoisotopic (exact) mass is 319 g/mol. The average molecular weight is 319 g/mol. The molecule has 0 bridgehead atoms. The van der Waals surface area contributed by atoms with Gasteiger partial charge in [0.15, 0.2) is 5.96 Å². The average Bonchev–Trinajstić information content (AvgIpc) is 2.51. The molecule has 3 N–H and O–H groups in total. The zero-order valence-corrected chi connectivity index (χ0v) is 14.5. The molecule has 1 aromatic carbocycles. The minimum Gasteiger partial charge on any atom is -0.381 e. The van der Waals surface area contributed by atoms with Gasteiger partial charge in [-0.15, -0.1) is 0 Å². The number of ether oxygens (including phenoxy) is 2. The third kappa shape index (κ3) is 7.01. The van der Waals surface area contributed by atoms with Gasteiger partial charge in [-0.05, 0) is 44.7 Å². The van der Waals surface area contributed by atoms with Gasteiger partial charge in [-0.25, -0.2) is 4.99 Å². The molecule has 1 aliphatic heterocycles. The minimum atomic E-state index is -0.0705. The maximum Gasteiger partial charge on any atom is 0.189 e. The molecule has 0 radical (unpaired) electrons. The Kier molecular flexibility index (Phi) is 6.42. The standard InChI is InChI=1S/C18H29N3O2/c1-18(2,3)21-17(19)20-12-14-4-6-15(7-5-14)13-23-16-8-10-22-11-9-16/h4-7,16H,8-13H2,1-3H3,(H3,19,20,21). The summed E-state index contributed by atoms with van der Waals surface area (Å²) in [6, 6.07) is 8.35. The summed E-state index contributed by atoms with van der Waals surface area (Å²) in [4.78, 5) is 4.37. The maximum atomic E-state index is 5.92. The summed E-state index contributed by atoms with van der Waals surface area (Å²) in [6.45, 7) is 9.03. The fourth-order valence-corrected chi connectivity index (χ4v) is 2.40. The van der Waals surface area contributed by atoms with Crippen molar-refractivity contribution in [2.75, 3.05) is 13.2 Å². The summed E-state index contributed by atoms with van der Waals surface area (Å²) in [5.74, 6) is 0.476. The first-order valence-electron chi connectivity index (χ1n) is 8.28. The lowest BCUT2D eigenvalue weighted by Gasteiger charge is -2.22. The van der Waals surface area contributed by atoms with E-state index in [1.54, 1.807) is 0 Å². The highest BCUT2D eigenvalue weighted by molar-refractivity contribution is 5.78. The van der Waals surface area contributed by atoms with E-state index in [0.29, 0.717) is 25.2 Å². The molecule has 0 spiro atoms. The predicted molar refractivity (Wildman–Crippen MR) is 93.3 cm³/mol. The molecule has 23 heavy (non-hydrogen) atoms. The van der Waals surface area contributed by atoms with E-state index in [0.717, 1.165) is 31.6 Å². The molecule has 2 rings (SSSR count). The fourth-order valence-electron chi connectivity index (χ4n) is 2.40. The summed E-state index contributed by atoms with van der Waals surface area (Å²) in [6.07, 6.45) is 2.32. The number of hydrogen-bond acceptors (Lipinski definition) is 3. The van der Waals surface area contributed by atoms with E-state index in [2.05, 4.69) is 55.3 Å². The summed E-state index contributed by atoms with van der Waals surface area (Å²) < 4.78 is 11.3. The Balaban J connectivity index is 1.78. The molecule has 128 valence electrons. The molecule has 0 saturated carbocycles. The van der Waals surface area contributed by atoms with Gasteiger partial charge in [0, 0.05) is 18.8 Å². The zero-order valence-electron chi connectivity index (χ0n) is 14.5. The molecule has 0 aromatic heterocycles. The number of aliphatic imine (C=N–C) groups is 1. The van der Waals surface area contributed by atoms with Gasteiger partial charge in [-0.2, -0.15) is 0 Å². The smallest absolute Gasteiger partial charge is 0.189 e. The number of guanidine groups is 1. The van der Waals surface area contributed by atoms with Crippen LogP contribution in [0.2, 0.25) is 0 Å². The van der Waals surface area contributed by atoms with Crippen molar-refractivity contribution in [2.24, 2.45) is 10.7 Å². The third-order valence-electron chi connectivity index (χ3n) is 3.61. The summed E-state index contributed by atoms with van der Waals surface area (Å²) in [5.41, 5.74) is 8.13. The van der Waals surface area contributed by atoms with Gasteiger partial charge >= 0.3 is 0 Å². The van der Waals surface area contributed by atoms with E-state index >= 15 is 0 Å². The van der Waals surface area contributed by atoms with Crippen LogP contribution in [-0.4, -0.2) is 30.8 Å². The van der Waals surface area contributed by atoms with Crippen LogP contribution in [-0.2, 0) is 22.6 Å². The molecule has 5 heteroatoms. The number of rotatable bonds is 5. The second-order valence-corrected chi connectivity index (χ2v) is 7.02. The van der Waals surface area contributed by atoms with Gasteiger partial charge in [0.05, 0.1) is 19.3 Å². The fraction of sp³-hybridized carbons (Fsp3) is 0.611. The van der Waals surface area contributed by atoms with Crippen molar-refractivity contribution in [2.45, 2.75) is 58.4 Å². The number of hydrogen-bond donors (Lipinski definition) is 2. The van der Waals surface area contributed by atoms with Gasteiger partial charge in [-0.1, -0.05) is 24.3 Å². The largest absolute Gasteiger partial charge is 0.381 e. The Labute approximate surface area is 139 Å². The Bertz CT molecular complexity index is 500. The van der Waals surface area contributed by atoms with E-state index < -0.39 is 0 Å². The summed E-state index contributed by atoms with van der Waals surface area (Å²) in [7, 11) is 0. The highest BCUT2D eigenvalue weighted by Crippen LogP contribution is 2.14. The highest BCUT2D eigenvalue weighted by Gasteiger charge is 2.14. The van der Waals surface area contributed by atoms with E-state index in [1.807, 2.05) is 0 Å². The van der Waals surface area contributed by atoms with Crippen molar-refractivity contribution in [3.05, 3.63) is 35.4 Å². The zero-order chi connectivity index (χ0) is 16.7. The lowest BCUT2D eigenvalue weighted by molar-refractivity contribution is -0.0390.